The average molecular weight is 352 g/mol. The number of carbonyl (C=O) groups excluding carboxylic acids is 1. The normalized spacial score (nSPS) is 12.0. The maximum atomic E-state index is 12.8. The summed E-state index contributed by atoms with van der Waals surface area (Å²) in [6.45, 7) is 6.63. The van der Waals surface area contributed by atoms with Gasteiger partial charge in [0.05, 0.1) is 9.90 Å². The van der Waals surface area contributed by atoms with Gasteiger partial charge in [-0.2, -0.15) is 0 Å². The van der Waals surface area contributed by atoms with Crippen molar-refractivity contribution in [2.45, 2.75) is 32.7 Å². The van der Waals surface area contributed by atoms with E-state index in [0.29, 0.717) is 22.0 Å². The number of phenolic OH excluding ortho intramolecular Hbond substituents is 1. The molecule has 0 atom stereocenters. The quantitative estimate of drug-likeness (QED) is 0.812. The van der Waals surface area contributed by atoms with Gasteiger partial charge in [0, 0.05) is 23.2 Å². The van der Waals surface area contributed by atoms with Gasteiger partial charge in [0.15, 0.2) is 0 Å². The molecule has 0 fully saturated rings. The highest BCUT2D eigenvalue weighted by atomic mass is 35.5. The van der Waals surface area contributed by atoms with Crippen LogP contribution in [0.4, 0.5) is 0 Å². The van der Waals surface area contributed by atoms with E-state index in [0.717, 1.165) is 11.1 Å². The third-order valence-corrected chi connectivity index (χ3v) is 4.91. The van der Waals surface area contributed by atoms with Crippen LogP contribution in [0, 0.1) is 0 Å². The van der Waals surface area contributed by atoms with Crippen molar-refractivity contribution in [3.63, 3.8) is 0 Å². The Kier molecular flexibility index (Phi) is 5.19. The molecule has 0 amide bonds. The molecule has 0 aliphatic heterocycles. The molecule has 0 unspecified atom stereocenters. The van der Waals surface area contributed by atoms with E-state index >= 15 is 0 Å². The highest BCUT2D eigenvalue weighted by Crippen LogP contribution is 2.36. The Morgan fingerprint density at radius 3 is 2.43 bits per heavy atom. The fourth-order valence-corrected chi connectivity index (χ4v) is 3.55. The molecule has 0 aliphatic rings. The second kappa shape index (κ2) is 6.63. The molecule has 0 bridgehead atoms. The third kappa shape index (κ3) is 3.94. The minimum atomic E-state index is -0.263. The molecule has 0 saturated heterocycles. The SMILES string of the molecule is CN(C)Cc1cc(C(=O)c2sccc2Cl)cc(C(C)(C)C)c1O. The highest BCUT2D eigenvalue weighted by Gasteiger charge is 2.24. The van der Waals surface area contributed by atoms with Crippen molar-refractivity contribution in [1.82, 2.24) is 4.90 Å². The summed E-state index contributed by atoms with van der Waals surface area (Å²) in [6, 6.07) is 5.28. The predicted octanol–water partition coefficient (Wildman–Crippen LogP) is 4.70. The first kappa shape index (κ1) is 18.0. The Labute approximate surface area is 146 Å². The highest BCUT2D eigenvalue weighted by molar-refractivity contribution is 7.13. The first-order valence-electron chi connectivity index (χ1n) is 7.40. The molecule has 0 radical (unpaired) electrons. The summed E-state index contributed by atoms with van der Waals surface area (Å²) in [5, 5.41) is 12.9. The summed E-state index contributed by atoms with van der Waals surface area (Å²) in [5.41, 5.74) is 1.82. The van der Waals surface area contributed by atoms with E-state index in [-0.39, 0.29) is 16.9 Å². The molecule has 0 spiro atoms. The van der Waals surface area contributed by atoms with E-state index in [1.165, 1.54) is 11.3 Å². The van der Waals surface area contributed by atoms with Crippen molar-refractivity contribution in [3.05, 3.63) is 50.2 Å². The molecular weight excluding hydrogens is 330 g/mol. The number of aromatic hydroxyl groups is 1. The number of carbonyl (C=O) groups is 1. The summed E-state index contributed by atoms with van der Waals surface area (Å²) in [6.07, 6.45) is 0. The van der Waals surface area contributed by atoms with Gasteiger partial charge in [-0.15, -0.1) is 11.3 Å². The number of ketones is 1. The zero-order valence-corrected chi connectivity index (χ0v) is 15.7. The van der Waals surface area contributed by atoms with Crippen LogP contribution >= 0.6 is 22.9 Å². The second-order valence-electron chi connectivity index (χ2n) is 6.95. The number of benzene rings is 1. The summed E-state index contributed by atoms with van der Waals surface area (Å²) in [5.74, 6) is 0.163. The molecule has 0 aliphatic carbocycles. The molecule has 1 aromatic heterocycles. The fourth-order valence-electron chi connectivity index (χ4n) is 2.45. The molecule has 124 valence electrons. The lowest BCUT2D eigenvalue weighted by Crippen LogP contribution is -2.17. The summed E-state index contributed by atoms with van der Waals surface area (Å²) >= 11 is 7.44. The number of hydrogen-bond donors (Lipinski definition) is 1. The summed E-state index contributed by atoms with van der Waals surface area (Å²) in [7, 11) is 3.86. The standard InChI is InChI=1S/C18H22ClNO2S/c1-18(2,3)13-9-11(8-12(15(13)21)10-20(4)5)16(22)17-14(19)6-7-23-17/h6-9,21H,10H2,1-5H3. The molecule has 1 aromatic carbocycles. The van der Waals surface area contributed by atoms with E-state index in [2.05, 4.69) is 0 Å². The van der Waals surface area contributed by atoms with Crippen molar-refractivity contribution < 1.29 is 9.90 Å². The minimum absolute atomic E-state index is 0.101. The fraction of sp³-hybridized carbons (Fsp3) is 0.389. The minimum Gasteiger partial charge on any atom is -0.507 e. The van der Waals surface area contributed by atoms with E-state index in [1.54, 1.807) is 23.6 Å². The zero-order valence-electron chi connectivity index (χ0n) is 14.1. The lowest BCUT2D eigenvalue weighted by molar-refractivity contribution is 0.104. The van der Waals surface area contributed by atoms with Gasteiger partial charge >= 0.3 is 0 Å². The van der Waals surface area contributed by atoms with Crippen LogP contribution in [0.3, 0.4) is 0 Å². The first-order chi connectivity index (χ1) is 10.6. The molecule has 5 heteroatoms. The predicted molar refractivity (Wildman–Crippen MR) is 97.0 cm³/mol. The summed E-state index contributed by atoms with van der Waals surface area (Å²) < 4.78 is 0. The van der Waals surface area contributed by atoms with Crippen molar-refractivity contribution in [3.8, 4) is 5.75 Å². The molecule has 0 saturated carbocycles. The van der Waals surface area contributed by atoms with Gasteiger partial charge in [-0.25, -0.2) is 0 Å². The molecule has 1 heterocycles. The lowest BCUT2D eigenvalue weighted by Gasteiger charge is -2.24. The number of halogens is 1. The Morgan fingerprint density at radius 1 is 1.30 bits per heavy atom. The van der Waals surface area contributed by atoms with E-state index in [4.69, 9.17) is 11.6 Å². The van der Waals surface area contributed by atoms with E-state index in [9.17, 15) is 9.90 Å². The Hall–Kier alpha value is -1.36. The van der Waals surface area contributed by atoms with E-state index in [1.807, 2.05) is 39.8 Å². The molecular formula is C18H22ClNO2S. The molecule has 2 rings (SSSR count). The molecule has 3 nitrogen and oxygen atoms in total. The Bertz CT molecular complexity index is 729. The number of hydrogen-bond acceptors (Lipinski definition) is 4. The van der Waals surface area contributed by atoms with Gasteiger partial charge in [-0.3, -0.25) is 4.79 Å². The van der Waals surface area contributed by atoms with Crippen LogP contribution in [0.15, 0.2) is 23.6 Å². The summed E-state index contributed by atoms with van der Waals surface area (Å²) in [4.78, 5) is 15.3. The van der Waals surface area contributed by atoms with Crippen LogP contribution in [-0.2, 0) is 12.0 Å². The van der Waals surface area contributed by atoms with Gasteiger partial charge < -0.3 is 10.0 Å². The maximum Gasteiger partial charge on any atom is 0.204 e. The van der Waals surface area contributed by atoms with Crippen molar-refractivity contribution in [1.29, 1.82) is 0 Å². The molecule has 2 aromatic rings. The van der Waals surface area contributed by atoms with Crippen LogP contribution in [0.25, 0.3) is 0 Å². The van der Waals surface area contributed by atoms with Crippen LogP contribution in [0.1, 0.15) is 47.1 Å². The van der Waals surface area contributed by atoms with Crippen molar-refractivity contribution >= 4 is 28.7 Å². The third-order valence-electron chi connectivity index (χ3n) is 3.57. The van der Waals surface area contributed by atoms with Crippen LogP contribution < -0.4 is 0 Å². The monoisotopic (exact) mass is 351 g/mol. The van der Waals surface area contributed by atoms with Crippen LogP contribution in [0.2, 0.25) is 5.02 Å². The van der Waals surface area contributed by atoms with E-state index < -0.39 is 0 Å². The number of thiophene rings is 1. The Morgan fingerprint density at radius 2 is 1.96 bits per heavy atom. The largest absolute Gasteiger partial charge is 0.507 e. The average Bonchev–Trinajstić information content (AvgIpc) is 2.84. The number of phenols is 1. The smallest absolute Gasteiger partial charge is 0.204 e. The first-order valence-corrected chi connectivity index (χ1v) is 8.66. The zero-order chi connectivity index (χ0) is 17.4. The maximum absolute atomic E-state index is 12.8. The lowest BCUT2D eigenvalue weighted by atomic mass is 9.83. The van der Waals surface area contributed by atoms with Gasteiger partial charge in [0.25, 0.3) is 0 Å². The number of rotatable bonds is 4. The van der Waals surface area contributed by atoms with Gasteiger partial charge in [-0.1, -0.05) is 32.4 Å². The van der Waals surface area contributed by atoms with Crippen molar-refractivity contribution in [2.24, 2.45) is 0 Å². The van der Waals surface area contributed by atoms with Crippen LogP contribution in [-0.4, -0.2) is 29.9 Å². The molecule has 23 heavy (non-hydrogen) atoms. The second-order valence-corrected chi connectivity index (χ2v) is 8.27. The molecule has 1 N–H and O–H groups in total. The van der Waals surface area contributed by atoms with Gasteiger partial charge in [0.2, 0.25) is 5.78 Å². The van der Waals surface area contributed by atoms with Crippen molar-refractivity contribution in [2.75, 3.05) is 14.1 Å². The topological polar surface area (TPSA) is 40.5 Å². The number of nitrogens with zero attached hydrogens (tertiary/aromatic N) is 1. The van der Waals surface area contributed by atoms with Gasteiger partial charge in [0.1, 0.15) is 5.75 Å². The van der Waals surface area contributed by atoms with Gasteiger partial charge in [-0.05, 0) is 43.1 Å². The Balaban J connectivity index is 2.60. The van der Waals surface area contributed by atoms with Crippen LogP contribution in [0.5, 0.6) is 5.75 Å².